The zero-order valence-electron chi connectivity index (χ0n) is 12.2. The summed E-state index contributed by atoms with van der Waals surface area (Å²) >= 11 is 3.79. The van der Waals surface area contributed by atoms with Gasteiger partial charge in [-0.2, -0.15) is 0 Å². The third kappa shape index (κ3) is 5.01. The van der Waals surface area contributed by atoms with Crippen molar-refractivity contribution in [3.05, 3.63) is 29.8 Å². The van der Waals surface area contributed by atoms with Gasteiger partial charge in [-0.05, 0) is 43.7 Å². The molecular formula is C16H25BrO. The van der Waals surface area contributed by atoms with Crippen molar-refractivity contribution in [1.29, 1.82) is 0 Å². The van der Waals surface area contributed by atoms with Crippen LogP contribution >= 0.6 is 15.9 Å². The average Bonchev–Trinajstić information content (AvgIpc) is 2.25. The van der Waals surface area contributed by atoms with Crippen molar-refractivity contribution in [3.63, 3.8) is 0 Å². The van der Waals surface area contributed by atoms with E-state index in [1.165, 1.54) is 5.56 Å². The van der Waals surface area contributed by atoms with E-state index in [4.69, 9.17) is 4.74 Å². The summed E-state index contributed by atoms with van der Waals surface area (Å²) < 4.78 is 5.85. The second-order valence-corrected chi connectivity index (χ2v) is 7.25. The lowest BCUT2D eigenvalue weighted by Crippen LogP contribution is -2.20. The molecule has 1 atom stereocenters. The molecule has 1 aromatic rings. The van der Waals surface area contributed by atoms with Gasteiger partial charge < -0.3 is 4.74 Å². The highest BCUT2D eigenvalue weighted by Gasteiger charge is 2.21. The maximum atomic E-state index is 5.85. The highest BCUT2D eigenvalue weighted by Crippen LogP contribution is 2.31. The van der Waals surface area contributed by atoms with Gasteiger partial charge in [0.1, 0.15) is 5.75 Å². The lowest BCUT2D eigenvalue weighted by molar-refractivity contribution is 0.239. The lowest BCUT2D eigenvalue weighted by atomic mass is 9.88. The standard InChI is InChI=1S/C16H25BrO/c1-12(2)18-14-9-7-6-8-13(14)10-11-15(17)16(3,4)5/h6-9,12,15H,10-11H2,1-5H3. The van der Waals surface area contributed by atoms with Crippen molar-refractivity contribution in [2.24, 2.45) is 5.41 Å². The predicted molar refractivity (Wildman–Crippen MR) is 82.7 cm³/mol. The van der Waals surface area contributed by atoms with Crippen LogP contribution in [0.25, 0.3) is 0 Å². The Labute approximate surface area is 120 Å². The smallest absolute Gasteiger partial charge is 0.122 e. The monoisotopic (exact) mass is 312 g/mol. The molecule has 0 bridgehead atoms. The Bertz CT molecular complexity index is 366. The summed E-state index contributed by atoms with van der Waals surface area (Å²) in [5.41, 5.74) is 1.60. The SMILES string of the molecule is CC(C)Oc1ccccc1CCC(Br)C(C)(C)C. The van der Waals surface area contributed by atoms with Gasteiger partial charge in [-0.3, -0.25) is 0 Å². The van der Waals surface area contributed by atoms with E-state index < -0.39 is 0 Å². The van der Waals surface area contributed by atoms with Crippen LogP contribution in [-0.2, 0) is 6.42 Å². The Balaban J connectivity index is 2.67. The number of halogens is 1. The van der Waals surface area contributed by atoms with Gasteiger partial charge in [0.15, 0.2) is 0 Å². The van der Waals surface area contributed by atoms with Crippen LogP contribution in [0.3, 0.4) is 0 Å². The highest BCUT2D eigenvalue weighted by molar-refractivity contribution is 9.09. The molecule has 18 heavy (non-hydrogen) atoms. The third-order valence-corrected chi connectivity index (χ3v) is 4.77. The van der Waals surface area contributed by atoms with E-state index in [0.717, 1.165) is 18.6 Å². The molecule has 0 aliphatic rings. The highest BCUT2D eigenvalue weighted by atomic mass is 79.9. The Kier molecular flexibility index (Phi) is 5.71. The summed E-state index contributed by atoms with van der Waals surface area (Å²) in [6.07, 6.45) is 2.41. The molecule has 1 unspecified atom stereocenters. The second kappa shape index (κ2) is 6.60. The van der Waals surface area contributed by atoms with Gasteiger partial charge in [0.25, 0.3) is 0 Å². The molecule has 1 rings (SSSR count). The van der Waals surface area contributed by atoms with Crippen molar-refractivity contribution in [2.45, 2.75) is 58.4 Å². The summed E-state index contributed by atoms with van der Waals surface area (Å²) in [7, 11) is 0. The number of benzene rings is 1. The molecular weight excluding hydrogens is 288 g/mol. The molecule has 0 spiro atoms. The van der Waals surface area contributed by atoms with Crippen molar-refractivity contribution < 1.29 is 4.74 Å². The zero-order chi connectivity index (χ0) is 13.8. The molecule has 0 radical (unpaired) electrons. The number of ether oxygens (including phenoxy) is 1. The van der Waals surface area contributed by atoms with E-state index in [9.17, 15) is 0 Å². The van der Waals surface area contributed by atoms with Crippen molar-refractivity contribution in [2.75, 3.05) is 0 Å². The first-order chi connectivity index (χ1) is 8.30. The maximum absolute atomic E-state index is 5.85. The van der Waals surface area contributed by atoms with Gasteiger partial charge in [-0.15, -0.1) is 0 Å². The van der Waals surface area contributed by atoms with E-state index in [1.54, 1.807) is 0 Å². The topological polar surface area (TPSA) is 9.23 Å². The molecule has 1 nitrogen and oxygen atoms in total. The molecule has 2 heteroatoms. The predicted octanol–water partition coefficient (Wildman–Crippen LogP) is 5.22. The minimum absolute atomic E-state index is 0.230. The Morgan fingerprint density at radius 1 is 1.17 bits per heavy atom. The van der Waals surface area contributed by atoms with Crippen LogP contribution in [0.4, 0.5) is 0 Å². The second-order valence-electron chi connectivity index (χ2n) is 6.15. The first kappa shape index (κ1) is 15.6. The van der Waals surface area contributed by atoms with E-state index in [0.29, 0.717) is 10.2 Å². The molecule has 0 N–H and O–H groups in total. The minimum atomic E-state index is 0.230. The molecule has 0 aliphatic heterocycles. The van der Waals surface area contributed by atoms with Crippen molar-refractivity contribution in [3.8, 4) is 5.75 Å². The summed E-state index contributed by atoms with van der Waals surface area (Å²) in [6, 6.07) is 8.36. The van der Waals surface area contributed by atoms with Gasteiger partial charge in [-0.25, -0.2) is 0 Å². The van der Waals surface area contributed by atoms with E-state index >= 15 is 0 Å². The van der Waals surface area contributed by atoms with E-state index in [2.05, 4.69) is 68.7 Å². The van der Waals surface area contributed by atoms with Crippen molar-refractivity contribution in [1.82, 2.24) is 0 Å². The Hall–Kier alpha value is -0.500. The largest absolute Gasteiger partial charge is 0.491 e. The van der Waals surface area contributed by atoms with Crippen LogP contribution in [0.5, 0.6) is 5.75 Å². The molecule has 102 valence electrons. The fourth-order valence-corrected chi connectivity index (χ4v) is 2.02. The zero-order valence-corrected chi connectivity index (χ0v) is 13.8. The quantitative estimate of drug-likeness (QED) is 0.678. The van der Waals surface area contributed by atoms with Crippen LogP contribution in [0.2, 0.25) is 0 Å². The molecule has 0 saturated carbocycles. The fourth-order valence-electron chi connectivity index (χ4n) is 1.79. The molecule has 0 amide bonds. The van der Waals surface area contributed by atoms with Gasteiger partial charge in [0.05, 0.1) is 6.10 Å². The number of alkyl halides is 1. The molecule has 0 aromatic heterocycles. The van der Waals surface area contributed by atoms with Gasteiger partial charge in [-0.1, -0.05) is 54.9 Å². The number of para-hydroxylation sites is 1. The van der Waals surface area contributed by atoms with Gasteiger partial charge in [0, 0.05) is 4.83 Å². The minimum Gasteiger partial charge on any atom is -0.491 e. The van der Waals surface area contributed by atoms with Gasteiger partial charge >= 0.3 is 0 Å². The third-order valence-electron chi connectivity index (χ3n) is 2.94. The van der Waals surface area contributed by atoms with Crippen LogP contribution in [0.15, 0.2) is 24.3 Å². The summed E-state index contributed by atoms with van der Waals surface area (Å²) in [6.45, 7) is 10.9. The lowest BCUT2D eigenvalue weighted by Gasteiger charge is -2.25. The average molecular weight is 313 g/mol. The first-order valence-electron chi connectivity index (χ1n) is 6.69. The number of hydrogen-bond acceptors (Lipinski definition) is 1. The fraction of sp³-hybridized carbons (Fsp3) is 0.625. The molecule has 0 aliphatic carbocycles. The number of hydrogen-bond donors (Lipinski definition) is 0. The Morgan fingerprint density at radius 3 is 2.33 bits per heavy atom. The molecule has 0 saturated heterocycles. The van der Waals surface area contributed by atoms with E-state index in [-0.39, 0.29) is 6.10 Å². The van der Waals surface area contributed by atoms with Gasteiger partial charge in [0.2, 0.25) is 0 Å². The van der Waals surface area contributed by atoms with E-state index in [1.807, 2.05) is 6.07 Å². The van der Waals surface area contributed by atoms with Crippen LogP contribution in [0, 0.1) is 5.41 Å². The summed E-state index contributed by atoms with van der Waals surface area (Å²) in [5.74, 6) is 1.03. The normalized spacial score (nSPS) is 13.7. The summed E-state index contributed by atoms with van der Waals surface area (Å²) in [4.78, 5) is 0.525. The van der Waals surface area contributed by atoms with Crippen LogP contribution in [0.1, 0.15) is 46.6 Å². The molecule has 1 aromatic carbocycles. The maximum Gasteiger partial charge on any atom is 0.122 e. The van der Waals surface area contributed by atoms with Crippen molar-refractivity contribution >= 4 is 15.9 Å². The molecule has 0 fully saturated rings. The first-order valence-corrected chi connectivity index (χ1v) is 7.61. The number of aryl methyl sites for hydroxylation is 1. The number of rotatable bonds is 5. The van der Waals surface area contributed by atoms with Crippen LogP contribution < -0.4 is 4.74 Å². The molecule has 0 heterocycles. The summed E-state index contributed by atoms with van der Waals surface area (Å²) in [5, 5.41) is 0. The Morgan fingerprint density at radius 2 is 1.78 bits per heavy atom. The van der Waals surface area contributed by atoms with Crippen LogP contribution in [-0.4, -0.2) is 10.9 Å².